The summed E-state index contributed by atoms with van der Waals surface area (Å²) in [5.74, 6) is 0. The normalized spacial score (nSPS) is 11.8. The number of hydrogen-bond donors (Lipinski definition) is 0. The Kier molecular flexibility index (Phi) is 2.41. The summed E-state index contributed by atoms with van der Waals surface area (Å²) in [6, 6.07) is 2.49. The Morgan fingerprint density at radius 2 is 2.00 bits per heavy atom. The van der Waals surface area contributed by atoms with Crippen LogP contribution in [0.2, 0.25) is 0 Å². The second-order valence-electron chi connectivity index (χ2n) is 3.35. The molecule has 3 nitrogen and oxygen atoms in total. The highest BCUT2D eigenvalue weighted by atomic mass is 19.4. The van der Waals surface area contributed by atoms with Crippen LogP contribution in [0.5, 0.6) is 0 Å². The van der Waals surface area contributed by atoms with Crippen molar-refractivity contribution in [2.45, 2.75) is 6.18 Å². The van der Waals surface area contributed by atoms with Crippen molar-refractivity contribution in [1.29, 1.82) is 0 Å². The van der Waals surface area contributed by atoms with Gasteiger partial charge in [-0.25, -0.2) is 4.98 Å². The van der Waals surface area contributed by atoms with Crippen molar-refractivity contribution in [3.8, 4) is 11.3 Å². The molecule has 2 rings (SSSR count). The van der Waals surface area contributed by atoms with Gasteiger partial charge in [0.15, 0.2) is 0 Å². The van der Waals surface area contributed by atoms with Gasteiger partial charge in [0.25, 0.3) is 0 Å². The molecule has 0 aliphatic rings. The van der Waals surface area contributed by atoms with Crippen LogP contribution in [0.4, 0.5) is 13.2 Å². The molecular weight excluding hydrogens is 219 g/mol. The van der Waals surface area contributed by atoms with E-state index in [4.69, 9.17) is 0 Å². The quantitative estimate of drug-likeness (QED) is 0.749. The number of rotatable bonds is 1. The van der Waals surface area contributed by atoms with Crippen LogP contribution in [-0.4, -0.2) is 14.5 Å². The van der Waals surface area contributed by atoms with E-state index in [9.17, 15) is 13.2 Å². The van der Waals surface area contributed by atoms with E-state index in [0.29, 0.717) is 11.3 Å². The van der Waals surface area contributed by atoms with E-state index in [0.717, 1.165) is 12.3 Å². The molecule has 0 spiro atoms. The Labute approximate surface area is 89.6 Å². The Bertz CT molecular complexity index is 502. The fourth-order valence-electron chi connectivity index (χ4n) is 1.31. The predicted octanol–water partition coefficient (Wildman–Crippen LogP) is 2.50. The molecule has 0 unspecified atom stereocenters. The molecule has 2 aromatic rings. The van der Waals surface area contributed by atoms with E-state index < -0.39 is 11.9 Å². The maximum absolute atomic E-state index is 12.4. The number of halogens is 3. The lowest BCUT2D eigenvalue weighted by Gasteiger charge is -2.05. The number of pyridine rings is 1. The van der Waals surface area contributed by atoms with Crippen LogP contribution < -0.4 is 0 Å². The second-order valence-corrected chi connectivity index (χ2v) is 3.35. The summed E-state index contributed by atoms with van der Waals surface area (Å²) in [6.07, 6.45) is -0.115. The molecule has 16 heavy (non-hydrogen) atoms. The molecule has 2 heterocycles. The first-order chi connectivity index (χ1) is 7.47. The third-order valence-electron chi connectivity index (χ3n) is 2.05. The van der Waals surface area contributed by atoms with E-state index >= 15 is 0 Å². The van der Waals surface area contributed by atoms with Gasteiger partial charge in [-0.15, -0.1) is 0 Å². The molecule has 0 aromatic carbocycles. The lowest BCUT2D eigenvalue weighted by Crippen LogP contribution is -2.07. The molecule has 0 aliphatic carbocycles. The molecule has 0 amide bonds. The van der Waals surface area contributed by atoms with E-state index in [1.165, 1.54) is 12.4 Å². The standard InChI is InChI=1S/C10H8F3N3/c1-16-5-8(15-6-16)7-2-3-14-9(4-7)10(11,12)13/h2-6H,1H3. The van der Waals surface area contributed by atoms with Crippen LogP contribution in [0, 0.1) is 0 Å². The van der Waals surface area contributed by atoms with E-state index in [1.54, 1.807) is 17.8 Å². The molecule has 0 atom stereocenters. The van der Waals surface area contributed by atoms with Gasteiger partial charge in [0.2, 0.25) is 0 Å². The molecular formula is C10H8F3N3. The average molecular weight is 227 g/mol. The molecule has 0 saturated heterocycles. The highest BCUT2D eigenvalue weighted by Crippen LogP contribution is 2.29. The van der Waals surface area contributed by atoms with Gasteiger partial charge in [-0.05, 0) is 12.1 Å². The lowest BCUT2D eigenvalue weighted by molar-refractivity contribution is -0.141. The molecule has 0 saturated carbocycles. The van der Waals surface area contributed by atoms with Gasteiger partial charge >= 0.3 is 6.18 Å². The molecule has 0 aliphatic heterocycles. The maximum atomic E-state index is 12.4. The molecule has 0 N–H and O–H groups in total. The smallest absolute Gasteiger partial charge is 0.340 e. The van der Waals surface area contributed by atoms with Crippen LogP contribution in [0.25, 0.3) is 11.3 Å². The van der Waals surface area contributed by atoms with Crippen LogP contribution in [0.15, 0.2) is 30.9 Å². The number of hydrogen-bond acceptors (Lipinski definition) is 2. The Morgan fingerprint density at radius 1 is 1.25 bits per heavy atom. The van der Waals surface area contributed by atoms with Crippen molar-refractivity contribution in [2.75, 3.05) is 0 Å². The third-order valence-corrected chi connectivity index (χ3v) is 2.05. The average Bonchev–Trinajstić information content (AvgIpc) is 2.64. The van der Waals surface area contributed by atoms with Gasteiger partial charge in [0, 0.05) is 25.0 Å². The highest BCUT2D eigenvalue weighted by molar-refractivity contribution is 5.58. The monoisotopic (exact) mass is 227 g/mol. The fraction of sp³-hybridized carbons (Fsp3) is 0.200. The first-order valence-electron chi connectivity index (χ1n) is 4.48. The van der Waals surface area contributed by atoms with Crippen LogP contribution in [0.1, 0.15) is 5.69 Å². The highest BCUT2D eigenvalue weighted by Gasteiger charge is 2.32. The first-order valence-corrected chi connectivity index (χ1v) is 4.48. The van der Waals surface area contributed by atoms with Crippen molar-refractivity contribution in [3.05, 3.63) is 36.5 Å². The summed E-state index contributed by atoms with van der Waals surface area (Å²) in [5.41, 5.74) is -0.00558. The minimum Gasteiger partial charge on any atom is -0.340 e. The largest absolute Gasteiger partial charge is 0.433 e. The van der Waals surface area contributed by atoms with Crippen LogP contribution in [-0.2, 0) is 13.2 Å². The van der Waals surface area contributed by atoms with Gasteiger partial charge in [0.1, 0.15) is 5.69 Å². The maximum Gasteiger partial charge on any atom is 0.433 e. The summed E-state index contributed by atoms with van der Waals surface area (Å²) >= 11 is 0. The zero-order valence-corrected chi connectivity index (χ0v) is 8.36. The number of alkyl halides is 3. The van der Waals surface area contributed by atoms with Gasteiger partial charge < -0.3 is 4.57 Å². The summed E-state index contributed by atoms with van der Waals surface area (Å²) in [7, 11) is 1.75. The van der Waals surface area contributed by atoms with Crippen molar-refractivity contribution >= 4 is 0 Å². The summed E-state index contributed by atoms with van der Waals surface area (Å²) in [6.45, 7) is 0. The fourth-order valence-corrected chi connectivity index (χ4v) is 1.31. The Balaban J connectivity index is 2.44. The molecule has 0 radical (unpaired) electrons. The number of nitrogens with zero attached hydrogens (tertiary/aromatic N) is 3. The van der Waals surface area contributed by atoms with Gasteiger partial charge in [-0.2, -0.15) is 13.2 Å². The Hall–Kier alpha value is -1.85. The van der Waals surface area contributed by atoms with Gasteiger partial charge in [0.05, 0.1) is 12.0 Å². The van der Waals surface area contributed by atoms with Crippen molar-refractivity contribution in [2.24, 2.45) is 7.05 Å². The minimum atomic E-state index is -4.43. The Morgan fingerprint density at radius 3 is 2.56 bits per heavy atom. The second kappa shape index (κ2) is 3.62. The topological polar surface area (TPSA) is 30.7 Å². The minimum absolute atomic E-state index is 0.405. The summed E-state index contributed by atoms with van der Waals surface area (Å²) in [5, 5.41) is 0. The first kappa shape index (κ1) is 10.7. The van der Waals surface area contributed by atoms with Crippen LogP contribution >= 0.6 is 0 Å². The molecule has 84 valence electrons. The zero-order valence-electron chi connectivity index (χ0n) is 8.36. The van der Waals surface area contributed by atoms with E-state index in [-0.39, 0.29) is 0 Å². The van der Waals surface area contributed by atoms with E-state index in [2.05, 4.69) is 9.97 Å². The molecule has 0 bridgehead atoms. The predicted molar refractivity (Wildman–Crippen MR) is 51.4 cm³/mol. The number of aryl methyl sites for hydroxylation is 1. The van der Waals surface area contributed by atoms with Gasteiger partial charge in [-0.3, -0.25) is 4.98 Å². The summed E-state index contributed by atoms with van der Waals surface area (Å²) < 4.78 is 38.9. The van der Waals surface area contributed by atoms with E-state index in [1.807, 2.05) is 0 Å². The van der Waals surface area contributed by atoms with Crippen LogP contribution in [0.3, 0.4) is 0 Å². The third kappa shape index (κ3) is 2.05. The lowest BCUT2D eigenvalue weighted by atomic mass is 10.2. The SMILES string of the molecule is Cn1cnc(-c2ccnc(C(F)(F)F)c2)c1. The summed E-state index contributed by atoms with van der Waals surface area (Å²) in [4.78, 5) is 7.26. The zero-order chi connectivity index (χ0) is 11.8. The molecule has 6 heteroatoms. The van der Waals surface area contributed by atoms with Crippen molar-refractivity contribution in [1.82, 2.24) is 14.5 Å². The number of aromatic nitrogens is 3. The molecule has 0 fully saturated rings. The van der Waals surface area contributed by atoms with Crippen molar-refractivity contribution in [3.63, 3.8) is 0 Å². The van der Waals surface area contributed by atoms with Crippen molar-refractivity contribution < 1.29 is 13.2 Å². The molecule has 2 aromatic heterocycles. The van der Waals surface area contributed by atoms with Gasteiger partial charge in [-0.1, -0.05) is 0 Å². The number of imidazole rings is 1.